The van der Waals surface area contributed by atoms with Gasteiger partial charge in [0.2, 0.25) is 0 Å². The Hall–Kier alpha value is -2.95. The predicted octanol–water partition coefficient (Wildman–Crippen LogP) is 2.30. The van der Waals surface area contributed by atoms with E-state index in [2.05, 4.69) is 31.1 Å². The van der Waals surface area contributed by atoms with Crippen molar-refractivity contribution >= 4 is 11.9 Å². The Morgan fingerprint density at radius 3 is 2.32 bits per heavy atom. The minimum Gasteiger partial charge on any atom is -0.475 e. The SMILES string of the molecule is CC(C)(C)c1cccc(Cn2ccnc2C(=O)N2CCNCC2)n1.O=C(O)C(F)(F)F. The molecule has 0 aromatic carbocycles. The van der Waals surface area contributed by atoms with E-state index in [1.165, 1.54) is 0 Å². The number of amides is 1. The number of aliphatic carboxylic acids is 1. The molecule has 8 nitrogen and oxygen atoms in total. The Morgan fingerprint density at radius 1 is 1.16 bits per heavy atom. The van der Waals surface area contributed by atoms with Gasteiger partial charge >= 0.3 is 12.1 Å². The van der Waals surface area contributed by atoms with E-state index in [1.807, 2.05) is 33.9 Å². The largest absolute Gasteiger partial charge is 0.490 e. The number of carboxylic acid groups (broad SMARTS) is 1. The fourth-order valence-corrected chi connectivity index (χ4v) is 2.80. The van der Waals surface area contributed by atoms with E-state index in [0.29, 0.717) is 12.4 Å². The van der Waals surface area contributed by atoms with Crippen LogP contribution in [0.25, 0.3) is 0 Å². The van der Waals surface area contributed by atoms with E-state index in [0.717, 1.165) is 37.6 Å². The van der Waals surface area contributed by atoms with Crippen molar-refractivity contribution in [1.29, 1.82) is 0 Å². The zero-order valence-corrected chi connectivity index (χ0v) is 17.6. The normalized spacial score (nSPS) is 14.6. The highest BCUT2D eigenvalue weighted by atomic mass is 19.4. The summed E-state index contributed by atoms with van der Waals surface area (Å²) in [5.74, 6) is -2.28. The monoisotopic (exact) mass is 441 g/mol. The molecule has 0 bridgehead atoms. The van der Waals surface area contributed by atoms with Gasteiger partial charge in [-0.05, 0) is 12.1 Å². The first-order chi connectivity index (χ1) is 14.4. The van der Waals surface area contributed by atoms with Crippen LogP contribution in [0.15, 0.2) is 30.6 Å². The van der Waals surface area contributed by atoms with E-state index in [1.54, 1.807) is 6.20 Å². The van der Waals surface area contributed by atoms with Gasteiger partial charge in [0.05, 0.1) is 12.2 Å². The molecule has 0 atom stereocenters. The molecule has 0 unspecified atom stereocenters. The lowest BCUT2D eigenvalue weighted by atomic mass is 9.91. The van der Waals surface area contributed by atoms with Crippen molar-refractivity contribution < 1.29 is 27.9 Å². The first-order valence-corrected chi connectivity index (χ1v) is 9.67. The topological polar surface area (TPSA) is 100 Å². The molecule has 2 N–H and O–H groups in total. The lowest BCUT2D eigenvalue weighted by Gasteiger charge is -2.27. The Balaban J connectivity index is 0.000000423. The summed E-state index contributed by atoms with van der Waals surface area (Å²) in [7, 11) is 0. The number of aromatic nitrogens is 3. The van der Waals surface area contributed by atoms with Crippen molar-refractivity contribution in [2.45, 2.75) is 38.9 Å². The van der Waals surface area contributed by atoms with Gasteiger partial charge in [0, 0.05) is 49.7 Å². The minimum absolute atomic E-state index is 0.00436. The first-order valence-electron chi connectivity index (χ1n) is 9.67. The summed E-state index contributed by atoms with van der Waals surface area (Å²) in [5, 5.41) is 10.4. The summed E-state index contributed by atoms with van der Waals surface area (Å²) in [6.45, 7) is 10.1. The van der Waals surface area contributed by atoms with Gasteiger partial charge in [0.25, 0.3) is 5.91 Å². The Morgan fingerprint density at radius 2 is 1.77 bits per heavy atom. The molecule has 11 heteroatoms. The fraction of sp³-hybridized carbons (Fsp3) is 0.500. The van der Waals surface area contributed by atoms with Crippen LogP contribution in [-0.2, 0) is 16.8 Å². The third kappa shape index (κ3) is 7.06. The summed E-state index contributed by atoms with van der Waals surface area (Å²) in [6.07, 6.45) is -1.55. The van der Waals surface area contributed by atoms with Crippen molar-refractivity contribution in [3.63, 3.8) is 0 Å². The van der Waals surface area contributed by atoms with Crippen LogP contribution < -0.4 is 5.32 Å². The van der Waals surface area contributed by atoms with Gasteiger partial charge in [0.15, 0.2) is 5.82 Å². The van der Waals surface area contributed by atoms with Gasteiger partial charge in [-0.2, -0.15) is 13.2 Å². The molecule has 0 aliphatic carbocycles. The number of nitrogens with one attached hydrogen (secondary N) is 1. The van der Waals surface area contributed by atoms with Crippen LogP contribution >= 0.6 is 0 Å². The zero-order valence-electron chi connectivity index (χ0n) is 17.6. The number of halogens is 3. The number of hydrogen-bond donors (Lipinski definition) is 2. The number of carbonyl (C=O) groups is 2. The van der Waals surface area contributed by atoms with Gasteiger partial charge in [-0.1, -0.05) is 26.8 Å². The van der Waals surface area contributed by atoms with Gasteiger partial charge in [-0.15, -0.1) is 0 Å². The molecular formula is C20H26F3N5O3. The van der Waals surface area contributed by atoms with Gasteiger partial charge in [-0.3, -0.25) is 9.78 Å². The Kier molecular flexibility index (Phi) is 7.77. The number of carboxylic acids is 1. The second kappa shape index (κ2) is 9.90. The van der Waals surface area contributed by atoms with Crippen molar-refractivity contribution in [3.05, 3.63) is 47.8 Å². The van der Waals surface area contributed by atoms with E-state index in [-0.39, 0.29) is 11.3 Å². The molecule has 0 radical (unpaired) electrons. The molecule has 1 aliphatic heterocycles. The molecule has 1 fully saturated rings. The predicted molar refractivity (Wildman–Crippen MR) is 107 cm³/mol. The zero-order chi connectivity index (χ0) is 23.2. The average Bonchev–Trinajstić information content (AvgIpc) is 3.15. The van der Waals surface area contributed by atoms with Crippen molar-refractivity contribution in [2.24, 2.45) is 0 Å². The number of imidazole rings is 1. The standard InChI is InChI=1S/C18H25N5O.C2HF3O2/c1-18(2,3)15-6-4-5-14(21-15)13-23-12-9-20-16(23)17(24)22-10-7-19-8-11-22;3-2(4,5)1(6)7/h4-6,9,12,19H,7-8,10-11,13H2,1-3H3;(H,6,7). The minimum atomic E-state index is -5.08. The molecule has 2 aromatic heterocycles. The van der Waals surface area contributed by atoms with E-state index >= 15 is 0 Å². The molecule has 0 saturated carbocycles. The number of carbonyl (C=O) groups excluding carboxylic acids is 1. The number of hydrogen-bond acceptors (Lipinski definition) is 5. The summed E-state index contributed by atoms with van der Waals surface area (Å²) in [5.41, 5.74) is 1.99. The third-order valence-electron chi connectivity index (χ3n) is 4.46. The Labute approximate surface area is 178 Å². The number of rotatable bonds is 3. The van der Waals surface area contributed by atoms with E-state index in [9.17, 15) is 18.0 Å². The van der Waals surface area contributed by atoms with Gasteiger partial charge < -0.3 is 19.9 Å². The average molecular weight is 441 g/mol. The Bertz CT molecular complexity index is 900. The maximum absolute atomic E-state index is 12.7. The van der Waals surface area contributed by atoms with Crippen molar-refractivity contribution in [3.8, 4) is 0 Å². The molecule has 3 rings (SSSR count). The van der Waals surface area contributed by atoms with Crippen LogP contribution in [0, 0.1) is 0 Å². The highest BCUT2D eigenvalue weighted by Gasteiger charge is 2.38. The van der Waals surface area contributed by atoms with Gasteiger partial charge in [-0.25, -0.2) is 9.78 Å². The lowest BCUT2D eigenvalue weighted by molar-refractivity contribution is -0.192. The third-order valence-corrected chi connectivity index (χ3v) is 4.46. The maximum Gasteiger partial charge on any atom is 0.490 e. The molecule has 1 saturated heterocycles. The summed E-state index contributed by atoms with van der Waals surface area (Å²) in [6, 6.07) is 6.07. The number of alkyl halides is 3. The molecule has 0 spiro atoms. The second-order valence-corrected chi connectivity index (χ2v) is 7.99. The molecule has 1 amide bonds. The molecule has 31 heavy (non-hydrogen) atoms. The van der Waals surface area contributed by atoms with Crippen LogP contribution in [-0.4, -0.2) is 68.8 Å². The molecule has 3 heterocycles. The number of piperazine rings is 1. The second-order valence-electron chi connectivity index (χ2n) is 7.99. The van der Waals surface area contributed by atoms with Crippen molar-refractivity contribution in [2.75, 3.05) is 26.2 Å². The lowest BCUT2D eigenvalue weighted by Crippen LogP contribution is -2.47. The molecule has 170 valence electrons. The van der Waals surface area contributed by atoms with Crippen molar-refractivity contribution in [1.82, 2.24) is 24.8 Å². The van der Waals surface area contributed by atoms with Crippen LogP contribution in [0.5, 0.6) is 0 Å². The van der Waals surface area contributed by atoms with E-state index < -0.39 is 12.1 Å². The quantitative estimate of drug-likeness (QED) is 0.758. The number of pyridine rings is 1. The fourth-order valence-electron chi connectivity index (χ4n) is 2.80. The smallest absolute Gasteiger partial charge is 0.475 e. The molecule has 2 aromatic rings. The number of nitrogens with zero attached hydrogens (tertiary/aromatic N) is 4. The summed E-state index contributed by atoms with van der Waals surface area (Å²) in [4.78, 5) is 32.5. The maximum atomic E-state index is 12.7. The summed E-state index contributed by atoms with van der Waals surface area (Å²) >= 11 is 0. The van der Waals surface area contributed by atoms with Crippen LogP contribution in [0.2, 0.25) is 0 Å². The molecular weight excluding hydrogens is 415 g/mol. The molecule has 1 aliphatic rings. The van der Waals surface area contributed by atoms with Gasteiger partial charge in [0.1, 0.15) is 0 Å². The summed E-state index contributed by atoms with van der Waals surface area (Å²) < 4.78 is 33.6. The van der Waals surface area contributed by atoms with Crippen LogP contribution in [0.3, 0.4) is 0 Å². The van der Waals surface area contributed by atoms with E-state index in [4.69, 9.17) is 14.9 Å². The highest BCUT2D eigenvalue weighted by molar-refractivity contribution is 5.91. The first kappa shape index (κ1) is 24.3. The van der Waals surface area contributed by atoms with Crippen LogP contribution in [0.1, 0.15) is 42.8 Å². The highest BCUT2D eigenvalue weighted by Crippen LogP contribution is 2.20. The van der Waals surface area contributed by atoms with Crippen LogP contribution in [0.4, 0.5) is 13.2 Å².